The summed E-state index contributed by atoms with van der Waals surface area (Å²) in [6.07, 6.45) is 1.58. The molecule has 0 radical (unpaired) electrons. The van der Waals surface area contributed by atoms with E-state index in [-0.39, 0.29) is 17.9 Å². The Morgan fingerprint density at radius 3 is 2.72 bits per heavy atom. The lowest BCUT2D eigenvalue weighted by Crippen LogP contribution is -2.39. The van der Waals surface area contributed by atoms with Crippen molar-refractivity contribution in [2.75, 3.05) is 6.61 Å². The third kappa shape index (κ3) is 4.18. The van der Waals surface area contributed by atoms with Gasteiger partial charge in [-0.25, -0.2) is 9.79 Å². The molecule has 6 nitrogen and oxygen atoms in total. The number of thiazole rings is 1. The number of ether oxygens (including phenoxy) is 1. The molecule has 0 bridgehead atoms. The third-order valence-corrected chi connectivity index (χ3v) is 6.73. The molecule has 3 aromatic rings. The second kappa shape index (κ2) is 9.05. The molecular weight excluding hydrogens is 516 g/mol. The Balaban J connectivity index is 1.97. The van der Waals surface area contributed by atoms with Gasteiger partial charge in [0.25, 0.3) is 5.56 Å². The van der Waals surface area contributed by atoms with Gasteiger partial charge in [-0.1, -0.05) is 51.0 Å². The summed E-state index contributed by atoms with van der Waals surface area (Å²) in [5.74, 6) is -0.503. The number of carbonyl (C=O) groups excluding carboxylic acids is 1. The van der Waals surface area contributed by atoms with Crippen LogP contribution in [-0.2, 0) is 9.53 Å². The van der Waals surface area contributed by atoms with Crippen LogP contribution < -0.4 is 14.9 Å². The largest absolute Gasteiger partial charge is 0.507 e. The van der Waals surface area contributed by atoms with Crippen molar-refractivity contribution >= 4 is 50.9 Å². The summed E-state index contributed by atoms with van der Waals surface area (Å²) in [5, 5.41) is 10.6. The van der Waals surface area contributed by atoms with E-state index in [4.69, 9.17) is 16.3 Å². The molecule has 1 aliphatic rings. The third-order valence-electron chi connectivity index (χ3n) is 4.98. The Morgan fingerprint density at radius 1 is 1.31 bits per heavy atom. The molecule has 1 aromatic heterocycles. The van der Waals surface area contributed by atoms with Crippen molar-refractivity contribution in [1.29, 1.82) is 0 Å². The number of aromatic nitrogens is 1. The van der Waals surface area contributed by atoms with Gasteiger partial charge >= 0.3 is 5.97 Å². The highest BCUT2D eigenvalue weighted by atomic mass is 79.9. The van der Waals surface area contributed by atoms with Crippen molar-refractivity contribution in [3.05, 3.63) is 94.0 Å². The van der Waals surface area contributed by atoms with Gasteiger partial charge in [0, 0.05) is 15.1 Å². The number of allylic oxidation sites excluding steroid dienone is 1. The van der Waals surface area contributed by atoms with Crippen LogP contribution in [0.15, 0.2) is 68.0 Å². The number of phenolic OH excluding ortho intramolecular Hbond substituents is 1. The fraction of sp³-hybridized carbons (Fsp3) is 0.174. The molecule has 0 amide bonds. The highest BCUT2D eigenvalue weighted by Gasteiger charge is 2.33. The number of nitrogens with zero attached hydrogens (tertiary/aromatic N) is 2. The quantitative estimate of drug-likeness (QED) is 0.516. The number of phenols is 1. The normalized spacial score (nSPS) is 16.0. The van der Waals surface area contributed by atoms with Crippen molar-refractivity contribution < 1.29 is 14.6 Å². The van der Waals surface area contributed by atoms with E-state index in [0.29, 0.717) is 31.2 Å². The fourth-order valence-electron chi connectivity index (χ4n) is 3.53. The Kier molecular flexibility index (Phi) is 6.37. The van der Waals surface area contributed by atoms with E-state index in [1.165, 1.54) is 22.0 Å². The van der Waals surface area contributed by atoms with Crippen LogP contribution in [-0.4, -0.2) is 22.2 Å². The number of esters is 1. The zero-order chi connectivity index (χ0) is 23.0. The van der Waals surface area contributed by atoms with Crippen molar-refractivity contribution in [1.82, 2.24) is 4.57 Å². The molecule has 32 heavy (non-hydrogen) atoms. The average molecular weight is 534 g/mol. The molecular formula is C23H18BrClN2O4S. The van der Waals surface area contributed by atoms with Crippen molar-refractivity contribution in [3.63, 3.8) is 0 Å². The van der Waals surface area contributed by atoms with Gasteiger partial charge in [0.15, 0.2) is 4.80 Å². The van der Waals surface area contributed by atoms with Gasteiger partial charge in [-0.05, 0) is 55.8 Å². The standard InChI is InChI=1S/C23H18BrClN2O4S/c1-3-31-22(30)19-12(2)26-23-27(20(19)13-4-6-15(24)7-5-13)21(29)18(32-23)11-14-10-16(25)8-9-17(14)28/h4-11,20,28H,3H2,1-2H3/t20-/m0/s1. The van der Waals surface area contributed by atoms with Gasteiger partial charge in [0.1, 0.15) is 5.75 Å². The number of halogens is 2. The Bertz CT molecular complexity index is 1420. The number of aromatic hydroxyl groups is 1. The minimum absolute atomic E-state index is 0.00749. The van der Waals surface area contributed by atoms with E-state index in [9.17, 15) is 14.7 Å². The van der Waals surface area contributed by atoms with Crippen LogP contribution in [0.3, 0.4) is 0 Å². The maximum absolute atomic E-state index is 13.5. The summed E-state index contributed by atoms with van der Waals surface area (Å²) < 4.78 is 8.02. The summed E-state index contributed by atoms with van der Waals surface area (Å²) in [4.78, 5) is 31.3. The van der Waals surface area contributed by atoms with Crippen LogP contribution >= 0.6 is 38.9 Å². The molecule has 0 unspecified atom stereocenters. The van der Waals surface area contributed by atoms with Crippen LogP contribution in [0.5, 0.6) is 5.75 Å². The number of carbonyl (C=O) groups is 1. The molecule has 0 saturated carbocycles. The molecule has 0 spiro atoms. The molecule has 0 fully saturated rings. The van der Waals surface area contributed by atoms with E-state index in [1.54, 1.807) is 32.1 Å². The highest BCUT2D eigenvalue weighted by Crippen LogP contribution is 2.31. The van der Waals surface area contributed by atoms with Crippen LogP contribution in [0.25, 0.3) is 6.08 Å². The number of rotatable bonds is 4. The lowest BCUT2D eigenvalue weighted by Gasteiger charge is -2.24. The molecule has 0 saturated heterocycles. The van der Waals surface area contributed by atoms with Crippen LogP contribution in [0.4, 0.5) is 0 Å². The van der Waals surface area contributed by atoms with Gasteiger partial charge < -0.3 is 9.84 Å². The van der Waals surface area contributed by atoms with Crippen molar-refractivity contribution in [2.24, 2.45) is 4.99 Å². The Labute approximate surface area is 200 Å². The zero-order valence-corrected chi connectivity index (χ0v) is 20.3. The van der Waals surface area contributed by atoms with Gasteiger partial charge in [0.05, 0.1) is 28.5 Å². The Hall–Kier alpha value is -2.68. The van der Waals surface area contributed by atoms with Crippen molar-refractivity contribution in [2.45, 2.75) is 19.9 Å². The molecule has 4 rings (SSSR count). The molecule has 1 N–H and O–H groups in total. The van der Waals surface area contributed by atoms with E-state index >= 15 is 0 Å². The first-order valence-electron chi connectivity index (χ1n) is 9.73. The van der Waals surface area contributed by atoms with Gasteiger partial charge in [-0.2, -0.15) is 0 Å². The summed E-state index contributed by atoms with van der Waals surface area (Å²) in [7, 11) is 0. The zero-order valence-electron chi connectivity index (χ0n) is 17.1. The molecule has 164 valence electrons. The number of hydrogen-bond acceptors (Lipinski definition) is 6. The molecule has 9 heteroatoms. The first-order valence-corrected chi connectivity index (χ1v) is 11.7. The number of fused-ring (bicyclic) bond motifs is 1. The summed E-state index contributed by atoms with van der Waals surface area (Å²) in [6.45, 7) is 3.67. The predicted molar refractivity (Wildman–Crippen MR) is 128 cm³/mol. The topological polar surface area (TPSA) is 80.9 Å². The van der Waals surface area contributed by atoms with E-state index in [2.05, 4.69) is 20.9 Å². The van der Waals surface area contributed by atoms with Crippen molar-refractivity contribution in [3.8, 4) is 5.75 Å². The predicted octanol–water partition coefficient (Wildman–Crippen LogP) is 3.92. The highest BCUT2D eigenvalue weighted by molar-refractivity contribution is 9.10. The van der Waals surface area contributed by atoms with Crippen LogP contribution in [0, 0.1) is 0 Å². The van der Waals surface area contributed by atoms with E-state index in [0.717, 1.165) is 10.0 Å². The van der Waals surface area contributed by atoms with E-state index in [1.807, 2.05) is 24.3 Å². The maximum atomic E-state index is 13.5. The minimum atomic E-state index is -0.687. The molecule has 1 atom stereocenters. The van der Waals surface area contributed by atoms with Crippen LogP contribution in [0.2, 0.25) is 5.02 Å². The monoisotopic (exact) mass is 532 g/mol. The Morgan fingerprint density at radius 2 is 2.03 bits per heavy atom. The lowest BCUT2D eigenvalue weighted by atomic mass is 9.96. The smallest absolute Gasteiger partial charge is 0.338 e. The lowest BCUT2D eigenvalue weighted by molar-refractivity contribution is -0.139. The van der Waals surface area contributed by atoms with Gasteiger partial charge in [-0.3, -0.25) is 9.36 Å². The van der Waals surface area contributed by atoms with Gasteiger partial charge in [-0.15, -0.1) is 0 Å². The van der Waals surface area contributed by atoms with Gasteiger partial charge in [0.2, 0.25) is 0 Å². The first kappa shape index (κ1) is 22.5. The maximum Gasteiger partial charge on any atom is 0.338 e. The number of hydrogen-bond donors (Lipinski definition) is 1. The van der Waals surface area contributed by atoms with Crippen LogP contribution in [0.1, 0.15) is 31.0 Å². The number of benzene rings is 2. The summed E-state index contributed by atoms with van der Waals surface area (Å²) >= 11 is 10.7. The summed E-state index contributed by atoms with van der Waals surface area (Å²) in [5.41, 5.74) is 1.66. The molecule has 2 aromatic carbocycles. The molecule has 2 heterocycles. The fourth-order valence-corrected chi connectivity index (χ4v) is 5.02. The summed E-state index contributed by atoms with van der Waals surface area (Å²) in [6, 6.07) is 11.3. The molecule has 0 aliphatic carbocycles. The SMILES string of the molecule is CCOC(=O)C1=C(C)N=c2sc(=Cc3cc(Cl)ccc3O)c(=O)n2[C@H]1c1ccc(Br)cc1. The molecule has 1 aliphatic heterocycles. The average Bonchev–Trinajstić information content (AvgIpc) is 3.05. The second-order valence-corrected chi connectivity index (χ2v) is 9.42. The minimum Gasteiger partial charge on any atom is -0.507 e. The second-order valence-electron chi connectivity index (χ2n) is 7.06. The van der Waals surface area contributed by atoms with E-state index < -0.39 is 12.0 Å². The first-order chi connectivity index (χ1) is 15.3.